The van der Waals surface area contributed by atoms with Crippen LogP contribution < -0.4 is 0 Å². The molecule has 1 fully saturated rings. The molecule has 0 aliphatic carbocycles. The summed E-state index contributed by atoms with van der Waals surface area (Å²) in [6, 6.07) is 27.2. The lowest BCUT2D eigenvalue weighted by Crippen LogP contribution is -2.32. The van der Waals surface area contributed by atoms with Gasteiger partial charge in [-0.3, -0.25) is 9.47 Å². The van der Waals surface area contributed by atoms with Crippen LogP contribution in [0.2, 0.25) is 0 Å². The largest absolute Gasteiger partial charge is 0.351 e. The van der Waals surface area contributed by atoms with E-state index in [1.165, 1.54) is 19.3 Å². The molecular weight excluding hydrogens is 518 g/mol. The number of halogens is 1. The molecule has 5 aromatic rings. The molecule has 0 unspecified atom stereocenters. The summed E-state index contributed by atoms with van der Waals surface area (Å²) in [6.45, 7) is 2.88. The minimum Gasteiger partial charge on any atom is -0.351 e. The van der Waals surface area contributed by atoms with Gasteiger partial charge in [-0.2, -0.15) is 0 Å². The summed E-state index contributed by atoms with van der Waals surface area (Å²) in [5.41, 5.74) is 5.32. The maximum Gasteiger partial charge on any atom is 0.204 e. The maximum absolute atomic E-state index is 6.04. The van der Waals surface area contributed by atoms with Crippen LogP contribution >= 0.6 is 28.1 Å². The van der Waals surface area contributed by atoms with Crippen LogP contribution in [0, 0.1) is 4.77 Å². The van der Waals surface area contributed by atoms with Crippen molar-refractivity contribution in [2.24, 2.45) is 0 Å². The van der Waals surface area contributed by atoms with Crippen LogP contribution in [-0.2, 0) is 6.67 Å². The van der Waals surface area contributed by atoms with Crippen LogP contribution in [0.4, 0.5) is 0 Å². The Labute approximate surface area is 218 Å². The first-order chi connectivity index (χ1) is 17.2. The maximum atomic E-state index is 6.04. The molecule has 1 aliphatic heterocycles. The molecule has 0 radical (unpaired) electrons. The quantitative estimate of drug-likeness (QED) is 0.234. The average Bonchev–Trinajstić information content (AvgIpc) is 3.43. The van der Waals surface area contributed by atoms with Gasteiger partial charge in [0.25, 0.3) is 0 Å². The van der Waals surface area contributed by atoms with Crippen molar-refractivity contribution in [3.8, 4) is 28.3 Å². The second-order valence-corrected chi connectivity index (χ2v) is 10.3. The Morgan fingerprint density at radius 3 is 2.34 bits per heavy atom. The number of fused-ring (bicyclic) bond motifs is 1. The molecule has 1 aliphatic rings. The van der Waals surface area contributed by atoms with E-state index in [-0.39, 0.29) is 0 Å². The molecule has 176 valence electrons. The molecule has 7 heteroatoms. The van der Waals surface area contributed by atoms with Crippen molar-refractivity contribution in [3.05, 3.63) is 88.1 Å². The van der Waals surface area contributed by atoms with E-state index in [1.807, 2.05) is 28.9 Å². The van der Waals surface area contributed by atoms with Gasteiger partial charge in [-0.25, -0.2) is 4.68 Å². The lowest BCUT2D eigenvalue weighted by atomic mass is 10.0. The first kappa shape index (κ1) is 22.5. The van der Waals surface area contributed by atoms with Gasteiger partial charge in [-0.1, -0.05) is 70.9 Å². The Balaban J connectivity index is 1.60. The van der Waals surface area contributed by atoms with Crippen molar-refractivity contribution < 1.29 is 0 Å². The summed E-state index contributed by atoms with van der Waals surface area (Å²) in [5.74, 6) is 0.824. The third-order valence-electron chi connectivity index (χ3n) is 6.68. The third kappa shape index (κ3) is 4.29. The Kier molecular flexibility index (Phi) is 6.14. The van der Waals surface area contributed by atoms with Crippen LogP contribution in [0.3, 0.4) is 0 Å². The summed E-state index contributed by atoms with van der Waals surface area (Å²) in [6.07, 6.45) is 3.76. The van der Waals surface area contributed by atoms with Gasteiger partial charge >= 0.3 is 0 Å². The molecule has 0 bridgehead atoms. The summed E-state index contributed by atoms with van der Waals surface area (Å²) < 4.78 is 5.84. The van der Waals surface area contributed by atoms with E-state index in [0.29, 0.717) is 11.4 Å². The molecule has 5 nitrogen and oxygen atoms in total. The molecule has 0 saturated carbocycles. The number of aromatic amines is 1. The summed E-state index contributed by atoms with van der Waals surface area (Å²) >= 11 is 9.71. The van der Waals surface area contributed by atoms with Crippen LogP contribution in [0.15, 0.2) is 83.3 Å². The Hall–Kier alpha value is -3.00. The second-order valence-electron chi connectivity index (χ2n) is 9.03. The van der Waals surface area contributed by atoms with E-state index in [4.69, 9.17) is 17.3 Å². The first-order valence-corrected chi connectivity index (χ1v) is 13.2. The molecule has 0 spiro atoms. The molecule has 2 aromatic heterocycles. The van der Waals surface area contributed by atoms with Crippen molar-refractivity contribution in [3.63, 3.8) is 0 Å². The second kappa shape index (κ2) is 9.57. The molecule has 1 N–H and O–H groups in total. The van der Waals surface area contributed by atoms with Crippen LogP contribution in [0.5, 0.6) is 0 Å². The fraction of sp³-hybridized carbons (Fsp3) is 0.214. The van der Waals surface area contributed by atoms with E-state index >= 15 is 0 Å². The Morgan fingerprint density at radius 1 is 0.886 bits per heavy atom. The topological polar surface area (TPSA) is 41.8 Å². The third-order valence-corrected chi connectivity index (χ3v) is 7.57. The van der Waals surface area contributed by atoms with Crippen LogP contribution in [-0.4, -0.2) is 37.3 Å². The van der Waals surface area contributed by atoms with Crippen molar-refractivity contribution in [1.29, 1.82) is 0 Å². The number of para-hydroxylation sites is 1. The number of rotatable bonds is 5. The predicted octanol–water partition coefficient (Wildman–Crippen LogP) is 7.42. The highest BCUT2D eigenvalue weighted by atomic mass is 79.9. The number of piperidine rings is 1. The van der Waals surface area contributed by atoms with E-state index in [9.17, 15) is 0 Å². The standard InChI is InChI=1S/C28H26BrN5S/c29-21-14-15-24-23(18-21)25(20-10-4-1-5-11-20)26(30-24)27-31-33(19-32-16-8-3-9-17-32)28(35)34(27)22-12-6-2-7-13-22/h1-2,4-7,10-15,18,30H,3,8-9,16-17,19H2. The van der Waals surface area contributed by atoms with Gasteiger partial charge in [0, 0.05) is 20.9 Å². The summed E-state index contributed by atoms with van der Waals surface area (Å²) in [7, 11) is 0. The summed E-state index contributed by atoms with van der Waals surface area (Å²) in [4.78, 5) is 6.13. The van der Waals surface area contributed by atoms with Gasteiger partial charge in [0.2, 0.25) is 4.77 Å². The first-order valence-electron chi connectivity index (χ1n) is 12.0. The highest BCUT2D eigenvalue weighted by Crippen LogP contribution is 2.39. The molecule has 0 amide bonds. The highest BCUT2D eigenvalue weighted by Gasteiger charge is 2.23. The number of H-pyrrole nitrogens is 1. The molecule has 35 heavy (non-hydrogen) atoms. The normalized spacial score (nSPS) is 14.5. The van der Waals surface area contributed by atoms with E-state index in [1.54, 1.807) is 0 Å². The zero-order valence-corrected chi connectivity index (χ0v) is 21.7. The minimum absolute atomic E-state index is 0.704. The summed E-state index contributed by atoms with van der Waals surface area (Å²) in [5, 5.41) is 6.29. The number of nitrogens with zero attached hydrogens (tertiary/aromatic N) is 4. The number of benzene rings is 3. The average molecular weight is 545 g/mol. The van der Waals surface area contributed by atoms with Crippen molar-refractivity contribution >= 4 is 39.1 Å². The van der Waals surface area contributed by atoms with Crippen LogP contribution in [0.1, 0.15) is 19.3 Å². The number of hydrogen-bond donors (Lipinski definition) is 1. The van der Waals surface area contributed by atoms with Crippen molar-refractivity contribution in [2.75, 3.05) is 13.1 Å². The van der Waals surface area contributed by atoms with E-state index in [0.717, 1.165) is 56.8 Å². The van der Waals surface area contributed by atoms with Gasteiger partial charge in [0.1, 0.15) is 0 Å². The Morgan fingerprint density at radius 2 is 1.60 bits per heavy atom. The zero-order chi connectivity index (χ0) is 23.8. The zero-order valence-electron chi connectivity index (χ0n) is 19.3. The van der Waals surface area contributed by atoms with Crippen LogP contribution in [0.25, 0.3) is 39.2 Å². The number of hydrogen-bond acceptors (Lipinski definition) is 3. The molecule has 3 aromatic carbocycles. The van der Waals surface area contributed by atoms with Gasteiger partial charge in [0.15, 0.2) is 5.82 Å². The fourth-order valence-electron chi connectivity index (χ4n) is 5.00. The minimum atomic E-state index is 0.704. The molecule has 3 heterocycles. The Bertz CT molecular complexity index is 1530. The number of likely N-dealkylation sites (tertiary alicyclic amines) is 1. The lowest BCUT2D eigenvalue weighted by Gasteiger charge is -2.25. The fourth-order valence-corrected chi connectivity index (χ4v) is 5.65. The van der Waals surface area contributed by atoms with Gasteiger partial charge in [-0.05, 0) is 74.0 Å². The highest BCUT2D eigenvalue weighted by molar-refractivity contribution is 9.10. The van der Waals surface area contributed by atoms with Crippen molar-refractivity contribution in [2.45, 2.75) is 25.9 Å². The number of aromatic nitrogens is 4. The van der Waals surface area contributed by atoms with Gasteiger partial charge < -0.3 is 4.98 Å². The van der Waals surface area contributed by atoms with E-state index in [2.05, 4.69) is 85.0 Å². The van der Waals surface area contributed by atoms with Gasteiger partial charge in [0.05, 0.1) is 18.1 Å². The SMILES string of the molecule is S=c1n(CN2CCCCC2)nc(-c2[nH]c3ccc(Br)cc3c2-c2ccccc2)n1-c1ccccc1. The van der Waals surface area contributed by atoms with Gasteiger partial charge in [-0.15, -0.1) is 5.10 Å². The van der Waals surface area contributed by atoms with E-state index < -0.39 is 0 Å². The molecular formula is C28H26BrN5S. The monoisotopic (exact) mass is 543 g/mol. The predicted molar refractivity (Wildman–Crippen MR) is 148 cm³/mol. The molecule has 6 rings (SSSR count). The van der Waals surface area contributed by atoms with Crippen molar-refractivity contribution in [1.82, 2.24) is 24.2 Å². The smallest absolute Gasteiger partial charge is 0.204 e. The molecule has 1 saturated heterocycles. The molecule has 0 atom stereocenters. The lowest BCUT2D eigenvalue weighted by molar-refractivity contribution is 0.172. The number of nitrogens with one attached hydrogen (secondary N) is 1.